The molecule has 0 aliphatic rings. The number of hydrogen-bond acceptors (Lipinski definition) is 4. The van der Waals surface area contributed by atoms with Crippen molar-refractivity contribution in [2.75, 3.05) is 5.32 Å². The summed E-state index contributed by atoms with van der Waals surface area (Å²) in [7, 11) is 0. The number of hydrogen-bond donors (Lipinski definition) is 2. The van der Waals surface area contributed by atoms with Gasteiger partial charge >= 0.3 is 5.69 Å². The van der Waals surface area contributed by atoms with Crippen molar-refractivity contribution in [3.8, 4) is 0 Å². The van der Waals surface area contributed by atoms with Crippen LogP contribution in [0.2, 0.25) is 0 Å². The molecule has 7 heteroatoms. The molecular formula is C17H17N3O3S. The largest absolute Gasteiger partial charge is 0.330 e. The molecule has 6 nitrogen and oxygen atoms in total. The number of H-pyrrole nitrogens is 1. The Morgan fingerprint density at radius 3 is 2.54 bits per heavy atom. The summed E-state index contributed by atoms with van der Waals surface area (Å²) in [5, 5.41) is 3.15. The molecule has 2 aromatic heterocycles. The highest BCUT2D eigenvalue weighted by molar-refractivity contribution is 7.18. The van der Waals surface area contributed by atoms with Crippen LogP contribution in [0, 0.1) is 13.8 Å². The normalized spacial score (nSPS) is 12.3. The predicted molar refractivity (Wildman–Crippen MR) is 96.0 cm³/mol. The topological polar surface area (TPSA) is 84.0 Å². The van der Waals surface area contributed by atoms with Crippen LogP contribution in [0.4, 0.5) is 5.69 Å². The Labute approximate surface area is 141 Å². The quantitative estimate of drug-likeness (QED) is 0.766. The molecule has 124 valence electrons. The Hall–Kier alpha value is -2.67. The molecule has 1 atom stereocenters. The summed E-state index contributed by atoms with van der Waals surface area (Å²) in [4.78, 5) is 41.4. The van der Waals surface area contributed by atoms with Gasteiger partial charge in [-0.25, -0.2) is 9.36 Å². The first-order valence-electron chi connectivity index (χ1n) is 7.49. The summed E-state index contributed by atoms with van der Waals surface area (Å²) in [5.41, 5.74) is 0.659. The van der Waals surface area contributed by atoms with Crippen molar-refractivity contribution in [3.05, 3.63) is 61.6 Å². The van der Waals surface area contributed by atoms with Gasteiger partial charge in [0.1, 0.15) is 10.9 Å². The van der Waals surface area contributed by atoms with Gasteiger partial charge in [-0.1, -0.05) is 17.7 Å². The number of anilines is 1. The summed E-state index contributed by atoms with van der Waals surface area (Å²) in [6, 6.07) is 8.10. The van der Waals surface area contributed by atoms with E-state index in [4.69, 9.17) is 0 Å². The van der Waals surface area contributed by atoms with E-state index in [1.807, 2.05) is 26.0 Å². The molecule has 0 aliphatic carbocycles. The first-order valence-corrected chi connectivity index (χ1v) is 8.31. The number of carbonyl (C=O) groups is 1. The number of benzene rings is 1. The first-order chi connectivity index (χ1) is 11.4. The van der Waals surface area contributed by atoms with Crippen LogP contribution in [0.5, 0.6) is 0 Å². The van der Waals surface area contributed by atoms with E-state index in [-0.39, 0.29) is 0 Å². The fourth-order valence-electron chi connectivity index (χ4n) is 2.50. The lowest BCUT2D eigenvalue weighted by Gasteiger charge is -2.14. The minimum Gasteiger partial charge on any atom is -0.324 e. The number of carbonyl (C=O) groups excluding carboxylic acids is 1. The molecule has 1 unspecified atom stereocenters. The Bertz CT molecular complexity index is 1030. The number of aromatic nitrogens is 2. The molecule has 0 saturated carbocycles. The van der Waals surface area contributed by atoms with Crippen LogP contribution >= 0.6 is 11.3 Å². The smallest absolute Gasteiger partial charge is 0.324 e. The number of fused-ring (bicyclic) bond motifs is 1. The van der Waals surface area contributed by atoms with Gasteiger partial charge in [-0.2, -0.15) is 0 Å². The van der Waals surface area contributed by atoms with E-state index in [1.165, 1.54) is 18.3 Å². The van der Waals surface area contributed by atoms with E-state index in [0.29, 0.717) is 15.9 Å². The van der Waals surface area contributed by atoms with Crippen LogP contribution < -0.4 is 16.6 Å². The SMILES string of the molecule is Cc1ccc(NC(=O)C(C)n2c(=O)[nH]c3sc(C)cc3c2=O)cc1. The maximum absolute atomic E-state index is 12.6. The molecule has 0 radical (unpaired) electrons. The number of amides is 1. The average Bonchev–Trinajstić information content (AvgIpc) is 2.90. The van der Waals surface area contributed by atoms with E-state index in [0.717, 1.165) is 15.0 Å². The van der Waals surface area contributed by atoms with E-state index < -0.39 is 23.2 Å². The Morgan fingerprint density at radius 1 is 1.21 bits per heavy atom. The first kappa shape index (κ1) is 16.2. The number of aryl methyl sites for hydroxylation is 2. The zero-order valence-electron chi connectivity index (χ0n) is 13.5. The molecule has 2 heterocycles. The van der Waals surface area contributed by atoms with Gasteiger partial charge in [0.25, 0.3) is 5.56 Å². The number of rotatable bonds is 3. The molecular weight excluding hydrogens is 326 g/mol. The monoisotopic (exact) mass is 343 g/mol. The Morgan fingerprint density at radius 2 is 1.88 bits per heavy atom. The summed E-state index contributed by atoms with van der Waals surface area (Å²) in [6.07, 6.45) is 0. The van der Waals surface area contributed by atoms with E-state index in [2.05, 4.69) is 10.3 Å². The molecule has 24 heavy (non-hydrogen) atoms. The predicted octanol–water partition coefficient (Wildman–Crippen LogP) is 2.57. The number of nitrogens with zero attached hydrogens (tertiary/aromatic N) is 1. The minimum absolute atomic E-state index is 0.419. The van der Waals surface area contributed by atoms with Crippen molar-refractivity contribution in [1.82, 2.24) is 9.55 Å². The summed E-state index contributed by atoms with van der Waals surface area (Å²) < 4.78 is 0.956. The number of aromatic amines is 1. The van der Waals surface area contributed by atoms with Crippen molar-refractivity contribution in [3.63, 3.8) is 0 Å². The standard InChI is InChI=1S/C17H17N3O3S/c1-9-4-6-12(7-5-9)18-14(21)11(3)20-16(22)13-8-10(2)24-15(13)19-17(20)23/h4-8,11H,1-3H3,(H,18,21)(H,19,23). The maximum Gasteiger partial charge on any atom is 0.330 e. The van der Waals surface area contributed by atoms with Gasteiger partial charge in [-0.05, 0) is 39.0 Å². The van der Waals surface area contributed by atoms with E-state index in [1.54, 1.807) is 18.2 Å². The van der Waals surface area contributed by atoms with Gasteiger partial charge in [0.05, 0.1) is 5.39 Å². The van der Waals surface area contributed by atoms with Gasteiger partial charge in [0.15, 0.2) is 0 Å². The number of nitrogens with one attached hydrogen (secondary N) is 2. The molecule has 0 saturated heterocycles. The van der Waals surface area contributed by atoms with Crippen LogP contribution in [0.1, 0.15) is 23.4 Å². The molecule has 0 aliphatic heterocycles. The third kappa shape index (κ3) is 2.90. The van der Waals surface area contributed by atoms with E-state index in [9.17, 15) is 14.4 Å². The molecule has 1 amide bonds. The number of thiophene rings is 1. The molecule has 0 fully saturated rings. The molecule has 3 rings (SSSR count). The second-order valence-corrected chi connectivity index (χ2v) is 6.99. The summed E-state index contributed by atoms with van der Waals surface area (Å²) in [6.45, 7) is 5.34. The molecule has 3 aromatic rings. The van der Waals surface area contributed by atoms with Gasteiger partial charge in [0, 0.05) is 10.6 Å². The third-order valence-electron chi connectivity index (χ3n) is 3.83. The van der Waals surface area contributed by atoms with Crippen molar-refractivity contribution in [2.24, 2.45) is 0 Å². The van der Waals surface area contributed by atoms with Gasteiger partial charge in [0.2, 0.25) is 5.91 Å². The summed E-state index contributed by atoms with van der Waals surface area (Å²) in [5.74, 6) is -0.419. The van der Waals surface area contributed by atoms with Crippen molar-refractivity contribution < 1.29 is 4.79 Å². The maximum atomic E-state index is 12.6. The zero-order chi connectivity index (χ0) is 17.4. The van der Waals surface area contributed by atoms with Gasteiger partial charge in [-0.15, -0.1) is 11.3 Å². The van der Waals surface area contributed by atoms with Crippen LogP contribution in [-0.2, 0) is 4.79 Å². The van der Waals surface area contributed by atoms with Crippen LogP contribution in [0.3, 0.4) is 0 Å². The minimum atomic E-state index is -0.924. The zero-order valence-corrected chi connectivity index (χ0v) is 14.4. The molecule has 1 aromatic carbocycles. The fraction of sp³-hybridized carbons (Fsp3) is 0.235. The lowest BCUT2D eigenvalue weighted by atomic mass is 10.2. The molecule has 2 N–H and O–H groups in total. The highest BCUT2D eigenvalue weighted by Crippen LogP contribution is 2.19. The average molecular weight is 343 g/mol. The summed E-state index contributed by atoms with van der Waals surface area (Å²) >= 11 is 1.34. The Kier molecular flexibility index (Phi) is 4.11. The fourth-order valence-corrected chi connectivity index (χ4v) is 3.39. The van der Waals surface area contributed by atoms with Gasteiger partial charge < -0.3 is 5.32 Å². The lowest BCUT2D eigenvalue weighted by Crippen LogP contribution is -2.41. The third-order valence-corrected chi connectivity index (χ3v) is 4.80. The van der Waals surface area contributed by atoms with Crippen molar-refractivity contribution in [1.29, 1.82) is 0 Å². The molecule has 0 bridgehead atoms. The van der Waals surface area contributed by atoms with Gasteiger partial charge in [-0.3, -0.25) is 14.6 Å². The van der Waals surface area contributed by atoms with Crippen molar-refractivity contribution in [2.45, 2.75) is 26.8 Å². The second kappa shape index (κ2) is 6.09. The lowest BCUT2D eigenvalue weighted by molar-refractivity contribution is -0.118. The second-order valence-electron chi connectivity index (χ2n) is 5.74. The van der Waals surface area contributed by atoms with Crippen LogP contribution in [0.25, 0.3) is 10.2 Å². The van der Waals surface area contributed by atoms with Crippen LogP contribution in [-0.4, -0.2) is 15.5 Å². The van der Waals surface area contributed by atoms with Crippen LogP contribution in [0.15, 0.2) is 39.9 Å². The highest BCUT2D eigenvalue weighted by Gasteiger charge is 2.21. The van der Waals surface area contributed by atoms with E-state index >= 15 is 0 Å². The highest BCUT2D eigenvalue weighted by atomic mass is 32.1. The van der Waals surface area contributed by atoms with Crippen molar-refractivity contribution >= 4 is 33.1 Å². The Balaban J connectivity index is 1.97. The molecule has 0 spiro atoms.